The average Bonchev–Trinajstić information content (AvgIpc) is 2.90. The van der Waals surface area contributed by atoms with E-state index in [1.165, 1.54) is 22.0 Å². The molecule has 0 atom stereocenters. The highest BCUT2D eigenvalue weighted by atomic mass is 79.9. The maximum absolute atomic E-state index is 13.9. The number of halogens is 3. The standard InChI is InChI=1S/C12H8BrF2N3S/c13-6-3-7(19-5-6)4-18-11-9(17-12(18)16)2-1-8(14)10(11)15/h1-3,5H,4H2,(H2,16,17). The summed E-state index contributed by atoms with van der Waals surface area (Å²) in [5.41, 5.74) is 6.24. The predicted molar refractivity (Wildman–Crippen MR) is 75.2 cm³/mol. The van der Waals surface area contributed by atoms with Crippen LogP contribution in [0.3, 0.4) is 0 Å². The molecule has 0 saturated heterocycles. The van der Waals surface area contributed by atoms with Crippen LogP contribution in [0.4, 0.5) is 14.7 Å². The molecule has 3 nitrogen and oxygen atoms in total. The summed E-state index contributed by atoms with van der Waals surface area (Å²) < 4.78 is 29.6. The van der Waals surface area contributed by atoms with Crippen LogP contribution in [0.25, 0.3) is 11.0 Å². The van der Waals surface area contributed by atoms with Gasteiger partial charge in [-0.3, -0.25) is 0 Å². The molecule has 0 fully saturated rings. The number of nitrogens with zero attached hydrogens (tertiary/aromatic N) is 2. The fourth-order valence-corrected chi connectivity index (χ4v) is 3.37. The van der Waals surface area contributed by atoms with Crippen molar-refractivity contribution in [1.82, 2.24) is 9.55 Å². The third-order valence-corrected chi connectivity index (χ3v) is 4.45. The van der Waals surface area contributed by atoms with Crippen molar-refractivity contribution in [3.63, 3.8) is 0 Å². The molecule has 2 aromatic heterocycles. The molecule has 0 saturated carbocycles. The Morgan fingerprint density at radius 2 is 2.16 bits per heavy atom. The van der Waals surface area contributed by atoms with E-state index >= 15 is 0 Å². The molecule has 0 aliphatic heterocycles. The highest BCUT2D eigenvalue weighted by Crippen LogP contribution is 2.26. The van der Waals surface area contributed by atoms with Crippen molar-refractivity contribution in [3.8, 4) is 0 Å². The maximum Gasteiger partial charge on any atom is 0.201 e. The molecule has 3 rings (SSSR count). The predicted octanol–water partition coefficient (Wildman–Crippen LogP) is 3.77. The molecule has 0 unspecified atom stereocenters. The number of aromatic nitrogens is 2. The minimum atomic E-state index is -0.919. The van der Waals surface area contributed by atoms with Gasteiger partial charge in [0.1, 0.15) is 5.52 Å². The van der Waals surface area contributed by atoms with Crippen molar-refractivity contribution in [2.24, 2.45) is 0 Å². The number of nitrogens with two attached hydrogens (primary N) is 1. The van der Waals surface area contributed by atoms with Crippen molar-refractivity contribution in [2.45, 2.75) is 6.54 Å². The Balaban J connectivity index is 2.17. The largest absolute Gasteiger partial charge is 0.369 e. The van der Waals surface area contributed by atoms with E-state index in [0.717, 1.165) is 15.4 Å². The van der Waals surface area contributed by atoms with Crippen LogP contribution < -0.4 is 5.73 Å². The number of thiophene rings is 1. The van der Waals surface area contributed by atoms with Crippen LogP contribution in [0.2, 0.25) is 0 Å². The molecule has 0 aliphatic carbocycles. The Labute approximate surface area is 119 Å². The van der Waals surface area contributed by atoms with Gasteiger partial charge in [0.25, 0.3) is 0 Å². The summed E-state index contributed by atoms with van der Waals surface area (Å²) in [5, 5.41) is 1.92. The maximum atomic E-state index is 13.9. The van der Waals surface area contributed by atoms with Gasteiger partial charge in [-0.1, -0.05) is 0 Å². The van der Waals surface area contributed by atoms with Gasteiger partial charge in [-0.25, -0.2) is 13.8 Å². The normalized spacial score (nSPS) is 11.3. The van der Waals surface area contributed by atoms with E-state index in [4.69, 9.17) is 5.73 Å². The van der Waals surface area contributed by atoms with Gasteiger partial charge in [0.15, 0.2) is 11.6 Å². The zero-order chi connectivity index (χ0) is 13.6. The second-order valence-electron chi connectivity index (χ2n) is 4.02. The van der Waals surface area contributed by atoms with Crippen LogP contribution in [0.5, 0.6) is 0 Å². The summed E-state index contributed by atoms with van der Waals surface area (Å²) in [6.45, 7) is 0.360. The van der Waals surface area contributed by atoms with E-state index < -0.39 is 11.6 Å². The van der Waals surface area contributed by atoms with Gasteiger partial charge in [0, 0.05) is 14.7 Å². The first-order chi connectivity index (χ1) is 9.06. The van der Waals surface area contributed by atoms with Crippen molar-refractivity contribution in [3.05, 3.63) is 44.6 Å². The van der Waals surface area contributed by atoms with Crippen LogP contribution in [0, 0.1) is 11.6 Å². The third-order valence-electron chi connectivity index (χ3n) is 2.76. The molecular formula is C12H8BrF2N3S. The molecule has 98 valence electrons. The fourth-order valence-electron chi connectivity index (χ4n) is 1.93. The van der Waals surface area contributed by atoms with Crippen LogP contribution >= 0.6 is 27.3 Å². The van der Waals surface area contributed by atoms with E-state index in [-0.39, 0.29) is 11.5 Å². The molecule has 0 spiro atoms. The van der Waals surface area contributed by atoms with E-state index in [9.17, 15) is 8.78 Å². The number of hydrogen-bond donors (Lipinski definition) is 1. The molecule has 2 N–H and O–H groups in total. The highest BCUT2D eigenvalue weighted by Gasteiger charge is 2.16. The van der Waals surface area contributed by atoms with E-state index in [1.54, 1.807) is 0 Å². The lowest BCUT2D eigenvalue weighted by atomic mass is 10.3. The molecule has 1 aromatic carbocycles. The van der Waals surface area contributed by atoms with Crippen molar-refractivity contribution < 1.29 is 8.78 Å². The molecule has 19 heavy (non-hydrogen) atoms. The van der Waals surface area contributed by atoms with E-state index in [2.05, 4.69) is 20.9 Å². The Morgan fingerprint density at radius 3 is 2.84 bits per heavy atom. The second-order valence-corrected chi connectivity index (χ2v) is 5.93. The SMILES string of the molecule is Nc1nc2ccc(F)c(F)c2n1Cc1cc(Br)cs1. The quantitative estimate of drug-likeness (QED) is 0.769. The molecule has 3 aromatic rings. The Morgan fingerprint density at radius 1 is 1.37 bits per heavy atom. The third kappa shape index (κ3) is 2.12. The van der Waals surface area contributed by atoms with Gasteiger partial charge >= 0.3 is 0 Å². The number of fused-ring (bicyclic) bond motifs is 1. The summed E-state index contributed by atoms with van der Waals surface area (Å²) in [4.78, 5) is 5.02. The zero-order valence-electron chi connectivity index (χ0n) is 9.53. The summed E-state index contributed by atoms with van der Waals surface area (Å²) >= 11 is 4.86. The number of anilines is 1. The Bertz CT molecular complexity index is 766. The first-order valence-electron chi connectivity index (χ1n) is 5.39. The van der Waals surface area contributed by atoms with E-state index in [0.29, 0.717) is 12.1 Å². The topological polar surface area (TPSA) is 43.8 Å². The lowest BCUT2D eigenvalue weighted by Crippen LogP contribution is -2.04. The number of rotatable bonds is 2. The molecule has 0 radical (unpaired) electrons. The first-order valence-corrected chi connectivity index (χ1v) is 7.06. The minimum absolute atomic E-state index is 0.0991. The van der Waals surface area contributed by atoms with Gasteiger partial charge in [-0.2, -0.15) is 0 Å². The minimum Gasteiger partial charge on any atom is -0.369 e. The monoisotopic (exact) mass is 343 g/mol. The summed E-state index contributed by atoms with van der Waals surface area (Å²) in [5.74, 6) is -1.65. The summed E-state index contributed by atoms with van der Waals surface area (Å²) in [7, 11) is 0. The zero-order valence-corrected chi connectivity index (χ0v) is 11.9. The average molecular weight is 344 g/mol. The van der Waals surface area contributed by atoms with Gasteiger partial charge in [-0.15, -0.1) is 11.3 Å². The Kier molecular flexibility index (Phi) is 3.02. The molecule has 0 amide bonds. The number of nitrogen functional groups attached to an aromatic ring is 1. The molecule has 2 heterocycles. The van der Waals surface area contributed by atoms with Gasteiger partial charge < -0.3 is 10.3 Å². The van der Waals surface area contributed by atoms with Gasteiger partial charge in [-0.05, 0) is 34.1 Å². The van der Waals surface area contributed by atoms with Crippen molar-refractivity contribution in [1.29, 1.82) is 0 Å². The molecule has 7 heteroatoms. The molecule has 0 bridgehead atoms. The summed E-state index contributed by atoms with van der Waals surface area (Å²) in [6, 6.07) is 4.38. The molecular weight excluding hydrogens is 336 g/mol. The van der Waals surface area contributed by atoms with Crippen LogP contribution in [-0.4, -0.2) is 9.55 Å². The van der Waals surface area contributed by atoms with Crippen LogP contribution in [-0.2, 0) is 6.54 Å². The number of hydrogen-bond acceptors (Lipinski definition) is 3. The summed E-state index contributed by atoms with van der Waals surface area (Å²) in [6.07, 6.45) is 0. The van der Waals surface area contributed by atoms with Gasteiger partial charge in [0.05, 0.1) is 12.1 Å². The number of imidazole rings is 1. The van der Waals surface area contributed by atoms with Gasteiger partial charge in [0.2, 0.25) is 5.95 Å². The van der Waals surface area contributed by atoms with Crippen molar-refractivity contribution in [2.75, 3.05) is 5.73 Å². The Hall–Kier alpha value is -1.47. The fraction of sp³-hybridized carbons (Fsp3) is 0.0833. The lowest BCUT2D eigenvalue weighted by molar-refractivity contribution is 0.512. The van der Waals surface area contributed by atoms with E-state index in [1.807, 2.05) is 11.4 Å². The smallest absolute Gasteiger partial charge is 0.201 e. The van der Waals surface area contributed by atoms with Crippen molar-refractivity contribution >= 4 is 44.2 Å². The molecule has 0 aliphatic rings. The number of benzene rings is 1. The highest BCUT2D eigenvalue weighted by molar-refractivity contribution is 9.10. The van der Waals surface area contributed by atoms with Crippen LogP contribution in [0.1, 0.15) is 4.88 Å². The van der Waals surface area contributed by atoms with Crippen LogP contribution in [0.15, 0.2) is 28.1 Å². The second kappa shape index (κ2) is 4.57. The first kappa shape index (κ1) is 12.6. The lowest BCUT2D eigenvalue weighted by Gasteiger charge is -2.05.